The molecule has 1 aliphatic heterocycles. The molecular weight excluding hydrogens is 865 g/mol. The SMILES string of the molecule is [2H]c1c([2H])c([2H])c(-c2ccc(-c3cccc(-c4c([2H])c(C(C)(C)C)cc(C(C)(C)C)c4[2H])c3N3CN(c4cccc(Oc5ccc6c7ccccc7n(-c7cc(C(C)(C)C)ccn7)c6c5)c4)c4ccccc43)cc2)c([2H])c1[2H]. The summed E-state index contributed by atoms with van der Waals surface area (Å²) in [5, 5.41) is 2.23. The van der Waals surface area contributed by atoms with Crippen molar-refractivity contribution in [3.8, 4) is 50.7 Å². The number of hydrogen-bond donors (Lipinski definition) is 0. The average molecular weight is 934 g/mol. The molecule has 0 saturated carbocycles. The van der Waals surface area contributed by atoms with E-state index in [1.807, 2.05) is 60.8 Å². The third-order valence-electron chi connectivity index (χ3n) is 13.6. The van der Waals surface area contributed by atoms with E-state index >= 15 is 0 Å². The fourth-order valence-corrected chi connectivity index (χ4v) is 9.68. The van der Waals surface area contributed by atoms with Gasteiger partial charge in [-0.1, -0.05) is 190 Å². The van der Waals surface area contributed by atoms with E-state index in [9.17, 15) is 2.74 Å². The number of pyridine rings is 1. The maximum Gasteiger partial charge on any atom is 0.137 e. The third kappa shape index (κ3) is 8.65. The Hall–Kier alpha value is -7.89. The van der Waals surface area contributed by atoms with Gasteiger partial charge in [-0.25, -0.2) is 4.98 Å². The Bertz CT molecular complexity index is 3970. The second-order valence-electron chi connectivity index (χ2n) is 21.6. The van der Waals surface area contributed by atoms with Gasteiger partial charge in [0.2, 0.25) is 0 Å². The summed E-state index contributed by atoms with van der Waals surface area (Å²) in [4.78, 5) is 9.41. The largest absolute Gasteiger partial charge is 0.457 e. The van der Waals surface area contributed by atoms with Crippen molar-refractivity contribution >= 4 is 44.6 Å². The molecule has 0 bridgehead atoms. The van der Waals surface area contributed by atoms with E-state index in [0.717, 1.165) is 78.2 Å². The summed E-state index contributed by atoms with van der Waals surface area (Å²) in [5.74, 6) is 2.18. The van der Waals surface area contributed by atoms with Crippen molar-refractivity contribution in [2.75, 3.05) is 16.5 Å². The summed E-state index contributed by atoms with van der Waals surface area (Å²) in [6, 6.07) is 49.7. The van der Waals surface area contributed by atoms with Crippen molar-refractivity contribution in [1.29, 1.82) is 0 Å². The van der Waals surface area contributed by atoms with E-state index < -0.39 is 16.9 Å². The van der Waals surface area contributed by atoms with Crippen LogP contribution >= 0.6 is 0 Å². The van der Waals surface area contributed by atoms with Crippen LogP contribution in [0.2, 0.25) is 0 Å². The number of nitrogens with zero attached hydrogens (tertiary/aromatic N) is 4. The van der Waals surface area contributed by atoms with E-state index in [1.165, 1.54) is 5.56 Å². The molecule has 10 aromatic rings. The van der Waals surface area contributed by atoms with E-state index in [4.69, 9.17) is 16.6 Å². The second kappa shape index (κ2) is 17.5. The van der Waals surface area contributed by atoms with E-state index in [-0.39, 0.29) is 35.1 Å². The van der Waals surface area contributed by atoms with Crippen LogP contribution in [0.1, 0.15) is 88.6 Å². The smallest absolute Gasteiger partial charge is 0.137 e. The molecule has 0 saturated heterocycles. The molecule has 0 aliphatic carbocycles. The molecule has 0 spiro atoms. The summed E-state index contributed by atoms with van der Waals surface area (Å²) in [7, 11) is 0. The lowest BCUT2D eigenvalue weighted by molar-refractivity contribution is 0.483. The average Bonchev–Trinajstić information content (AvgIpc) is 4.04. The van der Waals surface area contributed by atoms with Crippen LogP contribution in [0.3, 0.4) is 0 Å². The molecule has 8 aromatic carbocycles. The molecule has 71 heavy (non-hydrogen) atoms. The highest BCUT2D eigenvalue weighted by Gasteiger charge is 2.32. The molecule has 0 N–H and O–H groups in total. The van der Waals surface area contributed by atoms with Gasteiger partial charge >= 0.3 is 0 Å². The zero-order chi connectivity index (χ0) is 55.3. The zero-order valence-electron chi connectivity index (χ0n) is 48.9. The van der Waals surface area contributed by atoms with Crippen molar-refractivity contribution in [2.24, 2.45) is 0 Å². The normalized spacial score (nSPS) is 14.4. The molecule has 0 unspecified atom stereocenters. The van der Waals surface area contributed by atoms with Crippen LogP contribution in [0.25, 0.3) is 61.0 Å². The highest BCUT2D eigenvalue weighted by atomic mass is 16.5. The Labute approximate surface area is 429 Å². The molecule has 2 aromatic heterocycles. The monoisotopic (exact) mass is 934 g/mol. The van der Waals surface area contributed by atoms with Gasteiger partial charge in [-0.2, -0.15) is 0 Å². The zero-order valence-corrected chi connectivity index (χ0v) is 41.9. The van der Waals surface area contributed by atoms with Crippen LogP contribution in [0.5, 0.6) is 11.5 Å². The Kier molecular flexibility index (Phi) is 9.35. The highest BCUT2D eigenvalue weighted by Crippen LogP contribution is 2.51. The molecule has 352 valence electrons. The first-order valence-electron chi connectivity index (χ1n) is 27.9. The number of fused-ring (bicyclic) bond motifs is 4. The number of aromatic nitrogens is 2. The predicted octanol–water partition coefficient (Wildman–Crippen LogP) is 18.1. The Morgan fingerprint density at radius 3 is 1.79 bits per heavy atom. The summed E-state index contributed by atoms with van der Waals surface area (Å²) in [6.45, 7) is 19.7. The van der Waals surface area contributed by atoms with Gasteiger partial charge in [0.15, 0.2) is 0 Å². The molecule has 0 radical (unpaired) electrons. The van der Waals surface area contributed by atoms with Gasteiger partial charge in [-0.3, -0.25) is 4.57 Å². The van der Waals surface area contributed by atoms with Crippen molar-refractivity contribution in [1.82, 2.24) is 9.55 Å². The maximum absolute atomic E-state index is 9.98. The van der Waals surface area contributed by atoms with Crippen LogP contribution in [-0.4, -0.2) is 16.2 Å². The topological polar surface area (TPSA) is 33.5 Å². The molecule has 3 heterocycles. The first-order chi connectivity index (χ1) is 37.0. The van der Waals surface area contributed by atoms with Gasteiger partial charge in [0.25, 0.3) is 0 Å². The van der Waals surface area contributed by atoms with Gasteiger partial charge in [-0.05, 0) is 110 Å². The van der Waals surface area contributed by atoms with Gasteiger partial charge in [0, 0.05) is 45.9 Å². The fourth-order valence-electron chi connectivity index (χ4n) is 9.68. The van der Waals surface area contributed by atoms with Crippen molar-refractivity contribution in [3.05, 3.63) is 217 Å². The van der Waals surface area contributed by atoms with E-state index in [0.29, 0.717) is 41.4 Å². The molecule has 11 rings (SSSR count). The van der Waals surface area contributed by atoms with Crippen LogP contribution in [0, 0.1) is 0 Å². The molecular formula is C66H62N4O. The number of hydrogen-bond acceptors (Lipinski definition) is 4. The van der Waals surface area contributed by atoms with E-state index in [1.54, 1.807) is 12.1 Å². The molecule has 0 amide bonds. The lowest BCUT2D eigenvalue weighted by atomic mass is 9.78. The summed E-state index contributed by atoms with van der Waals surface area (Å²) < 4.78 is 71.4. The van der Waals surface area contributed by atoms with Gasteiger partial charge in [-0.15, -0.1) is 0 Å². The molecule has 0 atom stereocenters. The van der Waals surface area contributed by atoms with Crippen molar-refractivity contribution in [2.45, 2.75) is 78.6 Å². The second-order valence-corrected chi connectivity index (χ2v) is 21.6. The minimum absolute atomic E-state index is 0.0608. The Morgan fingerprint density at radius 1 is 0.479 bits per heavy atom. The summed E-state index contributed by atoms with van der Waals surface area (Å²) in [6.07, 6.45) is 1.89. The number of benzene rings is 8. The Balaban J connectivity index is 1.04. The van der Waals surface area contributed by atoms with Crippen LogP contribution in [0.4, 0.5) is 22.7 Å². The molecule has 5 nitrogen and oxygen atoms in total. The number of ether oxygens (including phenoxy) is 1. The maximum atomic E-state index is 9.98. The quantitative estimate of drug-likeness (QED) is 0.152. The van der Waals surface area contributed by atoms with E-state index in [2.05, 4.69) is 162 Å². The lowest BCUT2D eigenvalue weighted by Gasteiger charge is -2.29. The standard InChI is InChI=1S/C66H62N4O/c1-64(2,3)48-35-36-67-62(40-48)70-58-26-14-13-23-56(58)57-34-33-53(42-61(57)70)71-52-22-17-21-51(41-52)68-43-69(60-28-16-15-27-59(60)68)63-54(46-31-29-45(30-32-46)44-19-11-10-12-20-44)24-18-25-55(63)47-37-49(65(4,5)6)39-50(38-47)66(7,8)9/h10-42H,43H2,1-9H3/i10D,11D,12D,19D,20D,37D,38D. The predicted molar refractivity (Wildman–Crippen MR) is 300 cm³/mol. The van der Waals surface area contributed by atoms with Gasteiger partial charge in [0.1, 0.15) is 24.0 Å². The minimum Gasteiger partial charge on any atom is -0.457 e. The molecule has 1 aliphatic rings. The lowest BCUT2D eigenvalue weighted by Crippen LogP contribution is -2.25. The van der Waals surface area contributed by atoms with Crippen LogP contribution < -0.4 is 14.5 Å². The summed E-state index contributed by atoms with van der Waals surface area (Å²) >= 11 is 0. The highest BCUT2D eigenvalue weighted by molar-refractivity contribution is 6.09. The van der Waals surface area contributed by atoms with Crippen molar-refractivity contribution in [3.63, 3.8) is 0 Å². The van der Waals surface area contributed by atoms with Crippen LogP contribution in [0.15, 0.2) is 200 Å². The summed E-state index contributed by atoms with van der Waals surface area (Å²) in [5.41, 5.74) is 11.2. The van der Waals surface area contributed by atoms with Crippen LogP contribution in [-0.2, 0) is 16.2 Å². The fraction of sp³-hybridized carbons (Fsp3) is 0.197. The van der Waals surface area contributed by atoms with Gasteiger partial charge in [0.05, 0.1) is 37.7 Å². The Morgan fingerprint density at radius 2 is 1.08 bits per heavy atom. The first-order valence-corrected chi connectivity index (χ1v) is 24.4. The molecule has 0 fully saturated rings. The number of para-hydroxylation sites is 4. The number of anilines is 4. The third-order valence-corrected chi connectivity index (χ3v) is 13.6. The number of rotatable bonds is 8. The van der Waals surface area contributed by atoms with Crippen molar-refractivity contribution < 1.29 is 14.3 Å². The van der Waals surface area contributed by atoms with Gasteiger partial charge < -0.3 is 14.5 Å². The minimum atomic E-state index is -0.437. The first kappa shape index (κ1) is 37.9. The molecule has 5 heteroatoms.